The summed E-state index contributed by atoms with van der Waals surface area (Å²) in [6.45, 7) is 6.65. The van der Waals surface area contributed by atoms with Crippen LogP contribution in [0.3, 0.4) is 0 Å². The van der Waals surface area contributed by atoms with Crippen LogP contribution in [0.2, 0.25) is 0 Å². The molecule has 0 bridgehead atoms. The number of nitrogens with zero attached hydrogens (tertiary/aromatic N) is 2. The molecular formula is C14H29N3O. The molecule has 2 unspecified atom stereocenters. The van der Waals surface area contributed by atoms with Crippen LogP contribution in [0, 0.1) is 11.8 Å². The molecule has 0 aromatic carbocycles. The van der Waals surface area contributed by atoms with Gasteiger partial charge in [-0.3, -0.25) is 4.79 Å². The maximum atomic E-state index is 12.5. The topological polar surface area (TPSA) is 49.6 Å². The van der Waals surface area contributed by atoms with Crippen molar-refractivity contribution in [3.63, 3.8) is 0 Å². The van der Waals surface area contributed by atoms with E-state index in [1.165, 1.54) is 0 Å². The quantitative estimate of drug-likeness (QED) is 0.775. The van der Waals surface area contributed by atoms with E-state index in [4.69, 9.17) is 5.73 Å². The van der Waals surface area contributed by atoms with Gasteiger partial charge in [-0.1, -0.05) is 13.8 Å². The van der Waals surface area contributed by atoms with Crippen molar-refractivity contribution in [2.24, 2.45) is 17.6 Å². The van der Waals surface area contributed by atoms with Gasteiger partial charge in [0.1, 0.15) is 0 Å². The molecule has 18 heavy (non-hydrogen) atoms. The van der Waals surface area contributed by atoms with E-state index in [0.29, 0.717) is 18.5 Å². The molecule has 0 aromatic rings. The molecule has 1 rings (SSSR count). The Bertz CT molecular complexity index is 266. The Balaban J connectivity index is 2.62. The molecule has 0 aliphatic carbocycles. The first-order valence-electron chi connectivity index (χ1n) is 7.11. The van der Waals surface area contributed by atoms with Gasteiger partial charge in [-0.15, -0.1) is 0 Å². The number of likely N-dealkylation sites (tertiary alicyclic amines) is 1. The molecule has 1 fully saturated rings. The van der Waals surface area contributed by atoms with Gasteiger partial charge in [0, 0.05) is 25.7 Å². The Kier molecular flexibility index (Phi) is 6.09. The summed E-state index contributed by atoms with van der Waals surface area (Å²) >= 11 is 0. The van der Waals surface area contributed by atoms with Crippen LogP contribution in [0.4, 0.5) is 0 Å². The average Bonchev–Trinajstić information content (AvgIpc) is 2.71. The van der Waals surface area contributed by atoms with Crippen LogP contribution in [0.25, 0.3) is 0 Å². The van der Waals surface area contributed by atoms with Crippen molar-refractivity contribution in [3.05, 3.63) is 0 Å². The predicted octanol–water partition coefficient (Wildman–Crippen LogP) is 1.16. The molecule has 0 aromatic heterocycles. The van der Waals surface area contributed by atoms with E-state index >= 15 is 0 Å². The third-order valence-corrected chi connectivity index (χ3v) is 3.63. The average molecular weight is 255 g/mol. The van der Waals surface area contributed by atoms with Crippen molar-refractivity contribution in [2.75, 3.05) is 33.7 Å². The Morgan fingerprint density at radius 3 is 2.61 bits per heavy atom. The van der Waals surface area contributed by atoms with Gasteiger partial charge in [-0.2, -0.15) is 0 Å². The fourth-order valence-corrected chi connectivity index (χ4v) is 2.84. The lowest BCUT2D eigenvalue weighted by molar-refractivity contribution is -0.136. The Morgan fingerprint density at radius 2 is 2.11 bits per heavy atom. The molecule has 2 atom stereocenters. The molecule has 2 N–H and O–H groups in total. The molecule has 1 aliphatic heterocycles. The lowest BCUT2D eigenvalue weighted by atomic mass is 9.95. The minimum Gasteiger partial charge on any atom is -0.338 e. The van der Waals surface area contributed by atoms with E-state index in [1.54, 1.807) is 0 Å². The Hall–Kier alpha value is -0.610. The lowest BCUT2D eigenvalue weighted by Gasteiger charge is -2.30. The van der Waals surface area contributed by atoms with Crippen LogP contribution >= 0.6 is 0 Å². The normalized spacial score (nSPS) is 21.9. The van der Waals surface area contributed by atoms with E-state index in [-0.39, 0.29) is 11.8 Å². The van der Waals surface area contributed by atoms with Gasteiger partial charge < -0.3 is 15.5 Å². The van der Waals surface area contributed by atoms with Crippen molar-refractivity contribution in [1.29, 1.82) is 0 Å². The van der Waals surface area contributed by atoms with Crippen molar-refractivity contribution in [1.82, 2.24) is 9.80 Å². The highest BCUT2D eigenvalue weighted by Crippen LogP contribution is 2.22. The lowest BCUT2D eigenvalue weighted by Crippen LogP contribution is -2.45. The zero-order valence-corrected chi connectivity index (χ0v) is 12.4. The van der Waals surface area contributed by atoms with E-state index in [2.05, 4.69) is 37.7 Å². The number of hydrogen-bond acceptors (Lipinski definition) is 3. The second kappa shape index (κ2) is 7.10. The maximum Gasteiger partial charge on any atom is 0.227 e. The van der Waals surface area contributed by atoms with E-state index in [9.17, 15) is 4.79 Å². The monoisotopic (exact) mass is 255 g/mol. The minimum absolute atomic E-state index is 0.00719. The van der Waals surface area contributed by atoms with Crippen molar-refractivity contribution in [2.45, 2.75) is 39.2 Å². The first kappa shape index (κ1) is 15.4. The second-order valence-electron chi connectivity index (χ2n) is 6.15. The summed E-state index contributed by atoms with van der Waals surface area (Å²) in [5, 5.41) is 0. The SMILES string of the molecule is CC(C)CC(CN)C(=O)N1CCCC1CN(C)C. The summed E-state index contributed by atoms with van der Waals surface area (Å²) in [6.07, 6.45) is 3.16. The van der Waals surface area contributed by atoms with Gasteiger partial charge >= 0.3 is 0 Å². The smallest absolute Gasteiger partial charge is 0.227 e. The van der Waals surface area contributed by atoms with Gasteiger partial charge in [0.05, 0.1) is 5.92 Å². The van der Waals surface area contributed by atoms with Crippen molar-refractivity contribution in [3.8, 4) is 0 Å². The van der Waals surface area contributed by atoms with Crippen LogP contribution in [-0.4, -0.2) is 55.5 Å². The zero-order valence-electron chi connectivity index (χ0n) is 12.4. The molecule has 1 saturated heterocycles. The van der Waals surface area contributed by atoms with Crippen LogP contribution < -0.4 is 5.73 Å². The molecule has 0 saturated carbocycles. The fourth-order valence-electron chi connectivity index (χ4n) is 2.84. The summed E-state index contributed by atoms with van der Waals surface area (Å²) in [4.78, 5) is 16.8. The maximum absolute atomic E-state index is 12.5. The van der Waals surface area contributed by atoms with Gasteiger partial charge in [0.2, 0.25) is 5.91 Å². The van der Waals surface area contributed by atoms with Crippen LogP contribution in [-0.2, 0) is 4.79 Å². The Labute approximate surface area is 111 Å². The minimum atomic E-state index is 0.00719. The number of amides is 1. The molecule has 1 heterocycles. The van der Waals surface area contributed by atoms with Crippen molar-refractivity contribution < 1.29 is 4.79 Å². The summed E-state index contributed by atoms with van der Waals surface area (Å²) in [6, 6.07) is 0.383. The highest BCUT2D eigenvalue weighted by atomic mass is 16.2. The molecule has 0 radical (unpaired) electrons. The van der Waals surface area contributed by atoms with E-state index in [0.717, 1.165) is 32.4 Å². The molecular weight excluding hydrogens is 226 g/mol. The van der Waals surface area contributed by atoms with Gasteiger partial charge in [0.25, 0.3) is 0 Å². The highest BCUT2D eigenvalue weighted by molar-refractivity contribution is 5.79. The number of nitrogens with two attached hydrogens (primary N) is 1. The number of likely N-dealkylation sites (N-methyl/N-ethyl adjacent to an activating group) is 1. The number of carbonyl (C=O) groups is 1. The highest BCUT2D eigenvalue weighted by Gasteiger charge is 2.32. The number of rotatable bonds is 6. The largest absolute Gasteiger partial charge is 0.338 e. The van der Waals surface area contributed by atoms with Crippen LogP contribution in [0.15, 0.2) is 0 Å². The molecule has 1 aliphatic rings. The summed E-state index contributed by atoms with van der Waals surface area (Å²) in [5.74, 6) is 0.806. The third-order valence-electron chi connectivity index (χ3n) is 3.63. The summed E-state index contributed by atoms with van der Waals surface area (Å²) in [5.41, 5.74) is 5.78. The number of hydrogen-bond donors (Lipinski definition) is 1. The molecule has 4 nitrogen and oxygen atoms in total. The van der Waals surface area contributed by atoms with Crippen LogP contribution in [0.1, 0.15) is 33.1 Å². The zero-order chi connectivity index (χ0) is 13.7. The number of carbonyl (C=O) groups excluding carboxylic acids is 1. The predicted molar refractivity (Wildman–Crippen MR) is 75.3 cm³/mol. The Morgan fingerprint density at radius 1 is 1.44 bits per heavy atom. The fraction of sp³-hybridized carbons (Fsp3) is 0.929. The molecule has 1 amide bonds. The standard InChI is InChI=1S/C14H29N3O/c1-11(2)8-12(9-15)14(18)17-7-5-6-13(17)10-16(3)4/h11-13H,5-10,15H2,1-4H3. The molecule has 4 heteroatoms. The molecule has 106 valence electrons. The summed E-state index contributed by atoms with van der Waals surface area (Å²) in [7, 11) is 4.13. The van der Waals surface area contributed by atoms with Crippen molar-refractivity contribution >= 4 is 5.91 Å². The second-order valence-corrected chi connectivity index (χ2v) is 6.15. The molecule has 0 spiro atoms. The van der Waals surface area contributed by atoms with E-state index in [1.807, 2.05) is 0 Å². The summed E-state index contributed by atoms with van der Waals surface area (Å²) < 4.78 is 0. The third kappa shape index (κ3) is 4.25. The van der Waals surface area contributed by atoms with E-state index < -0.39 is 0 Å². The first-order valence-corrected chi connectivity index (χ1v) is 7.11. The van der Waals surface area contributed by atoms with Gasteiger partial charge in [0.15, 0.2) is 0 Å². The van der Waals surface area contributed by atoms with Crippen LogP contribution in [0.5, 0.6) is 0 Å². The first-order chi connectivity index (χ1) is 8.45. The van der Waals surface area contributed by atoms with Gasteiger partial charge in [-0.25, -0.2) is 0 Å². The van der Waals surface area contributed by atoms with Gasteiger partial charge in [-0.05, 0) is 39.3 Å².